The van der Waals surface area contributed by atoms with Crippen LogP contribution in [-0.2, 0) is 11.3 Å². The molecule has 2 atom stereocenters. The van der Waals surface area contributed by atoms with E-state index in [2.05, 4.69) is 41.8 Å². The third kappa shape index (κ3) is 2.44. The normalized spacial score (nSPS) is 31.3. The fraction of sp³-hybridized carbons (Fsp3) is 0.600. The summed E-state index contributed by atoms with van der Waals surface area (Å²) < 4.78 is 5.49. The highest BCUT2D eigenvalue weighted by molar-refractivity contribution is 5.33. The van der Waals surface area contributed by atoms with Gasteiger partial charge in [-0.1, -0.05) is 24.3 Å². The Morgan fingerprint density at radius 1 is 1.44 bits per heavy atom. The predicted molar refractivity (Wildman–Crippen MR) is 72.7 cm³/mol. The summed E-state index contributed by atoms with van der Waals surface area (Å²) in [5.74, 6) is 0.576. The maximum Gasteiger partial charge on any atom is 0.0646 e. The molecule has 0 aliphatic carbocycles. The van der Waals surface area contributed by atoms with Gasteiger partial charge in [-0.3, -0.25) is 0 Å². The van der Waals surface area contributed by atoms with Crippen LogP contribution in [0.15, 0.2) is 24.3 Å². The second kappa shape index (κ2) is 5.00. The number of benzene rings is 1. The highest BCUT2D eigenvalue weighted by Gasteiger charge is 2.30. The van der Waals surface area contributed by atoms with E-state index in [4.69, 9.17) is 4.74 Å². The number of ether oxygens (including phenoxy) is 1. The van der Waals surface area contributed by atoms with Crippen LogP contribution in [0.3, 0.4) is 0 Å². The van der Waals surface area contributed by atoms with Crippen LogP contribution in [0.4, 0.5) is 0 Å². The number of fused-ring (bicyclic) bond motifs is 1. The lowest BCUT2D eigenvalue weighted by molar-refractivity contribution is 0.171. The standard InChI is InChI=1S/C15H22N2O/c1-15(6-7-18-11-15)17-10-13-9-16-8-12-4-2-3-5-14(12)13/h2-5,13,16-17H,6-11H2,1H3. The molecule has 2 unspecified atom stereocenters. The smallest absolute Gasteiger partial charge is 0.0646 e. The lowest BCUT2D eigenvalue weighted by Crippen LogP contribution is -2.46. The molecular weight excluding hydrogens is 224 g/mol. The molecule has 0 radical (unpaired) electrons. The summed E-state index contributed by atoms with van der Waals surface area (Å²) >= 11 is 0. The molecule has 0 bridgehead atoms. The van der Waals surface area contributed by atoms with Crippen molar-refractivity contribution in [3.05, 3.63) is 35.4 Å². The molecule has 98 valence electrons. The predicted octanol–water partition coefficient (Wildman–Crippen LogP) is 1.64. The zero-order valence-electron chi connectivity index (χ0n) is 11.0. The lowest BCUT2D eigenvalue weighted by Gasteiger charge is -2.31. The molecule has 1 fully saturated rings. The van der Waals surface area contributed by atoms with E-state index in [1.165, 1.54) is 11.1 Å². The minimum atomic E-state index is 0.173. The molecule has 0 amide bonds. The molecule has 1 aromatic rings. The van der Waals surface area contributed by atoms with Crippen LogP contribution >= 0.6 is 0 Å². The van der Waals surface area contributed by atoms with Crippen molar-refractivity contribution in [2.45, 2.75) is 31.3 Å². The van der Waals surface area contributed by atoms with Crippen LogP contribution in [-0.4, -0.2) is 31.8 Å². The van der Waals surface area contributed by atoms with E-state index in [1.54, 1.807) is 0 Å². The summed E-state index contributed by atoms with van der Waals surface area (Å²) in [5, 5.41) is 7.21. The van der Waals surface area contributed by atoms with Gasteiger partial charge in [-0.05, 0) is 24.5 Å². The van der Waals surface area contributed by atoms with E-state index in [0.717, 1.165) is 39.3 Å². The zero-order chi connectivity index (χ0) is 12.4. The third-order valence-electron chi connectivity index (χ3n) is 4.20. The van der Waals surface area contributed by atoms with Crippen molar-refractivity contribution in [2.75, 3.05) is 26.3 Å². The molecule has 3 heteroatoms. The number of hydrogen-bond donors (Lipinski definition) is 2. The molecule has 1 aromatic carbocycles. The van der Waals surface area contributed by atoms with Crippen LogP contribution in [0.2, 0.25) is 0 Å². The first kappa shape index (κ1) is 12.2. The topological polar surface area (TPSA) is 33.3 Å². The van der Waals surface area contributed by atoms with E-state index in [9.17, 15) is 0 Å². The molecule has 0 spiro atoms. The molecule has 3 nitrogen and oxygen atoms in total. The zero-order valence-corrected chi connectivity index (χ0v) is 11.0. The fourth-order valence-corrected chi connectivity index (χ4v) is 2.94. The molecule has 2 aliphatic rings. The van der Waals surface area contributed by atoms with E-state index in [1.807, 2.05) is 0 Å². The van der Waals surface area contributed by atoms with Crippen molar-refractivity contribution in [3.8, 4) is 0 Å². The number of hydrogen-bond acceptors (Lipinski definition) is 3. The third-order valence-corrected chi connectivity index (χ3v) is 4.20. The Bertz CT molecular complexity index is 413. The van der Waals surface area contributed by atoms with E-state index in [-0.39, 0.29) is 5.54 Å². The van der Waals surface area contributed by atoms with Gasteiger partial charge in [0, 0.05) is 37.7 Å². The van der Waals surface area contributed by atoms with Gasteiger partial charge in [0.1, 0.15) is 0 Å². The molecule has 18 heavy (non-hydrogen) atoms. The summed E-state index contributed by atoms with van der Waals surface area (Å²) in [6, 6.07) is 8.78. The van der Waals surface area contributed by atoms with E-state index in [0.29, 0.717) is 5.92 Å². The Morgan fingerprint density at radius 2 is 2.33 bits per heavy atom. The summed E-state index contributed by atoms with van der Waals surface area (Å²) in [7, 11) is 0. The van der Waals surface area contributed by atoms with Gasteiger partial charge in [0.25, 0.3) is 0 Å². The molecule has 1 saturated heterocycles. The Morgan fingerprint density at radius 3 is 3.17 bits per heavy atom. The monoisotopic (exact) mass is 246 g/mol. The second-order valence-corrected chi connectivity index (χ2v) is 5.77. The molecule has 3 rings (SSSR count). The van der Waals surface area contributed by atoms with E-state index >= 15 is 0 Å². The van der Waals surface area contributed by atoms with Crippen molar-refractivity contribution >= 4 is 0 Å². The Labute approximate surface area is 109 Å². The van der Waals surface area contributed by atoms with Crippen molar-refractivity contribution < 1.29 is 4.74 Å². The summed E-state index contributed by atoms with van der Waals surface area (Å²) in [6.45, 7) is 7.11. The first-order valence-electron chi connectivity index (χ1n) is 6.88. The Balaban J connectivity index is 1.67. The average Bonchev–Trinajstić information content (AvgIpc) is 2.84. The van der Waals surface area contributed by atoms with Crippen molar-refractivity contribution in [3.63, 3.8) is 0 Å². The summed E-state index contributed by atoms with van der Waals surface area (Å²) in [4.78, 5) is 0. The van der Waals surface area contributed by atoms with E-state index < -0.39 is 0 Å². The lowest BCUT2D eigenvalue weighted by atomic mass is 9.90. The summed E-state index contributed by atoms with van der Waals surface area (Å²) in [5.41, 5.74) is 3.13. The van der Waals surface area contributed by atoms with Crippen molar-refractivity contribution in [2.24, 2.45) is 0 Å². The minimum absolute atomic E-state index is 0.173. The minimum Gasteiger partial charge on any atom is -0.379 e. The number of nitrogens with one attached hydrogen (secondary N) is 2. The van der Waals surface area contributed by atoms with Gasteiger partial charge in [-0.2, -0.15) is 0 Å². The fourth-order valence-electron chi connectivity index (χ4n) is 2.94. The van der Waals surface area contributed by atoms with Gasteiger partial charge in [-0.25, -0.2) is 0 Å². The van der Waals surface area contributed by atoms with Gasteiger partial charge in [0.05, 0.1) is 6.61 Å². The van der Waals surface area contributed by atoms with Crippen molar-refractivity contribution in [1.82, 2.24) is 10.6 Å². The van der Waals surface area contributed by atoms with Crippen LogP contribution in [0.5, 0.6) is 0 Å². The summed E-state index contributed by atoms with van der Waals surface area (Å²) in [6.07, 6.45) is 1.12. The van der Waals surface area contributed by atoms with Crippen molar-refractivity contribution in [1.29, 1.82) is 0 Å². The van der Waals surface area contributed by atoms with Crippen LogP contribution < -0.4 is 10.6 Å². The van der Waals surface area contributed by atoms with Crippen LogP contribution in [0, 0.1) is 0 Å². The largest absolute Gasteiger partial charge is 0.379 e. The molecule has 0 saturated carbocycles. The van der Waals surface area contributed by atoms with Gasteiger partial charge in [-0.15, -0.1) is 0 Å². The highest BCUT2D eigenvalue weighted by atomic mass is 16.5. The Hall–Kier alpha value is -0.900. The molecule has 2 heterocycles. The maximum atomic E-state index is 5.49. The SMILES string of the molecule is CC1(NCC2CNCc3ccccc32)CCOC1. The van der Waals surface area contributed by atoms with Gasteiger partial charge < -0.3 is 15.4 Å². The van der Waals surface area contributed by atoms with Gasteiger partial charge in [0.15, 0.2) is 0 Å². The highest BCUT2D eigenvalue weighted by Crippen LogP contribution is 2.25. The quantitative estimate of drug-likeness (QED) is 0.850. The molecular formula is C15H22N2O. The second-order valence-electron chi connectivity index (χ2n) is 5.77. The van der Waals surface area contributed by atoms with Gasteiger partial charge in [0.2, 0.25) is 0 Å². The van der Waals surface area contributed by atoms with Gasteiger partial charge >= 0.3 is 0 Å². The molecule has 2 aliphatic heterocycles. The van der Waals surface area contributed by atoms with Crippen LogP contribution in [0.1, 0.15) is 30.4 Å². The maximum absolute atomic E-state index is 5.49. The molecule has 2 N–H and O–H groups in total. The average molecular weight is 246 g/mol. The molecule has 0 aromatic heterocycles. The Kier molecular flexibility index (Phi) is 3.37. The number of rotatable bonds is 3. The van der Waals surface area contributed by atoms with Crippen LogP contribution in [0.25, 0.3) is 0 Å². The first-order valence-corrected chi connectivity index (χ1v) is 6.88. The first-order chi connectivity index (χ1) is 8.77.